The molecule has 1 unspecified atom stereocenters. The van der Waals surface area contributed by atoms with Crippen molar-refractivity contribution in [2.75, 3.05) is 13.7 Å². The standard InChI is InChI=1S/C13H20N2O2/c1-3-10-4-6-11(7-5-10)8-15(2)13(17)12(14)9-16/h4-7,12,16H,3,8-9,14H2,1-2H3. The van der Waals surface area contributed by atoms with E-state index in [2.05, 4.69) is 19.1 Å². The van der Waals surface area contributed by atoms with Gasteiger partial charge in [0.1, 0.15) is 6.04 Å². The van der Waals surface area contributed by atoms with E-state index >= 15 is 0 Å². The number of benzene rings is 1. The van der Waals surface area contributed by atoms with Gasteiger partial charge in [-0.3, -0.25) is 4.79 Å². The third kappa shape index (κ3) is 3.84. The molecular weight excluding hydrogens is 216 g/mol. The van der Waals surface area contributed by atoms with Crippen LogP contribution in [0.5, 0.6) is 0 Å². The van der Waals surface area contributed by atoms with Crippen LogP contribution < -0.4 is 5.73 Å². The fourth-order valence-electron chi connectivity index (χ4n) is 1.59. The normalized spacial score (nSPS) is 12.2. The number of nitrogens with zero attached hydrogens (tertiary/aromatic N) is 1. The SMILES string of the molecule is CCc1ccc(CN(C)C(=O)C(N)CO)cc1. The second-order valence-electron chi connectivity index (χ2n) is 4.15. The number of carbonyl (C=O) groups is 1. The van der Waals surface area contributed by atoms with Crippen molar-refractivity contribution >= 4 is 5.91 Å². The molecule has 1 aromatic rings. The van der Waals surface area contributed by atoms with Gasteiger partial charge >= 0.3 is 0 Å². The van der Waals surface area contributed by atoms with E-state index in [9.17, 15) is 4.79 Å². The molecule has 1 aromatic carbocycles. The van der Waals surface area contributed by atoms with Crippen molar-refractivity contribution in [3.05, 3.63) is 35.4 Å². The Morgan fingerprint density at radius 3 is 2.35 bits per heavy atom. The first-order valence-corrected chi connectivity index (χ1v) is 5.77. The Hall–Kier alpha value is -1.39. The molecule has 0 saturated heterocycles. The second-order valence-corrected chi connectivity index (χ2v) is 4.15. The van der Waals surface area contributed by atoms with E-state index in [4.69, 9.17) is 10.8 Å². The molecule has 4 heteroatoms. The molecule has 1 rings (SSSR count). The number of likely N-dealkylation sites (N-methyl/N-ethyl adjacent to an activating group) is 1. The zero-order valence-electron chi connectivity index (χ0n) is 10.4. The fourth-order valence-corrected chi connectivity index (χ4v) is 1.59. The molecule has 0 aliphatic carbocycles. The highest BCUT2D eigenvalue weighted by atomic mass is 16.3. The van der Waals surface area contributed by atoms with Crippen LogP contribution in [-0.4, -0.2) is 35.6 Å². The summed E-state index contributed by atoms with van der Waals surface area (Å²) in [5, 5.41) is 8.82. The molecule has 17 heavy (non-hydrogen) atoms. The molecule has 0 fully saturated rings. The van der Waals surface area contributed by atoms with Crippen LogP contribution in [0.2, 0.25) is 0 Å². The van der Waals surface area contributed by atoms with Gasteiger partial charge in [0.05, 0.1) is 6.61 Å². The van der Waals surface area contributed by atoms with Crippen LogP contribution >= 0.6 is 0 Å². The molecule has 1 amide bonds. The van der Waals surface area contributed by atoms with Crippen molar-refractivity contribution in [1.29, 1.82) is 0 Å². The summed E-state index contributed by atoms with van der Waals surface area (Å²) in [6, 6.07) is 7.30. The van der Waals surface area contributed by atoms with Crippen LogP contribution in [0.1, 0.15) is 18.1 Å². The van der Waals surface area contributed by atoms with Gasteiger partial charge in [0.15, 0.2) is 0 Å². The average Bonchev–Trinajstić information content (AvgIpc) is 2.37. The maximum absolute atomic E-state index is 11.6. The predicted molar refractivity (Wildman–Crippen MR) is 67.4 cm³/mol. The summed E-state index contributed by atoms with van der Waals surface area (Å²) in [6.07, 6.45) is 1.00. The molecule has 4 nitrogen and oxygen atoms in total. The van der Waals surface area contributed by atoms with E-state index in [0.29, 0.717) is 6.54 Å². The average molecular weight is 236 g/mol. The maximum atomic E-state index is 11.6. The number of rotatable bonds is 5. The van der Waals surface area contributed by atoms with Gasteiger partial charge in [-0.1, -0.05) is 31.2 Å². The van der Waals surface area contributed by atoms with Gasteiger partial charge in [-0.25, -0.2) is 0 Å². The lowest BCUT2D eigenvalue weighted by atomic mass is 10.1. The number of aliphatic hydroxyl groups is 1. The molecule has 0 aliphatic rings. The minimum Gasteiger partial charge on any atom is -0.394 e. The molecule has 0 bridgehead atoms. The molecule has 0 radical (unpaired) electrons. The summed E-state index contributed by atoms with van der Waals surface area (Å²) in [5.74, 6) is -0.243. The Labute approximate surface area is 102 Å². The van der Waals surface area contributed by atoms with Crippen molar-refractivity contribution in [3.8, 4) is 0 Å². The Morgan fingerprint density at radius 1 is 1.35 bits per heavy atom. The first-order chi connectivity index (χ1) is 8.08. The van der Waals surface area contributed by atoms with Crippen LogP contribution in [-0.2, 0) is 17.8 Å². The van der Waals surface area contributed by atoms with Gasteiger partial charge in [0.25, 0.3) is 0 Å². The smallest absolute Gasteiger partial charge is 0.241 e. The third-order valence-electron chi connectivity index (χ3n) is 2.74. The summed E-state index contributed by atoms with van der Waals surface area (Å²) in [5.41, 5.74) is 7.81. The summed E-state index contributed by atoms with van der Waals surface area (Å²) >= 11 is 0. The first kappa shape index (κ1) is 13.7. The number of amides is 1. The Balaban J connectivity index is 2.61. The van der Waals surface area contributed by atoms with Crippen LogP contribution in [0, 0.1) is 0 Å². The van der Waals surface area contributed by atoms with Gasteiger partial charge in [0.2, 0.25) is 5.91 Å². The number of hydrogen-bond donors (Lipinski definition) is 2. The van der Waals surface area contributed by atoms with Crippen molar-refractivity contribution in [2.24, 2.45) is 5.73 Å². The molecule has 0 aromatic heterocycles. The van der Waals surface area contributed by atoms with E-state index in [1.165, 1.54) is 10.5 Å². The molecule has 0 heterocycles. The molecule has 0 saturated carbocycles. The van der Waals surface area contributed by atoms with Gasteiger partial charge in [-0.2, -0.15) is 0 Å². The van der Waals surface area contributed by atoms with Crippen LogP contribution in [0.15, 0.2) is 24.3 Å². The van der Waals surface area contributed by atoms with E-state index < -0.39 is 6.04 Å². The molecule has 94 valence electrons. The minimum absolute atomic E-state index is 0.243. The highest BCUT2D eigenvalue weighted by Gasteiger charge is 2.16. The zero-order valence-corrected chi connectivity index (χ0v) is 10.4. The van der Waals surface area contributed by atoms with Crippen molar-refractivity contribution in [1.82, 2.24) is 4.90 Å². The lowest BCUT2D eigenvalue weighted by Crippen LogP contribution is -2.43. The van der Waals surface area contributed by atoms with Crippen molar-refractivity contribution in [3.63, 3.8) is 0 Å². The molecule has 0 spiro atoms. The number of nitrogens with two attached hydrogens (primary N) is 1. The van der Waals surface area contributed by atoms with Crippen LogP contribution in [0.4, 0.5) is 0 Å². The topological polar surface area (TPSA) is 66.6 Å². The first-order valence-electron chi connectivity index (χ1n) is 5.77. The lowest BCUT2D eigenvalue weighted by molar-refractivity contribution is -0.132. The van der Waals surface area contributed by atoms with Gasteiger partial charge in [0, 0.05) is 13.6 Å². The zero-order chi connectivity index (χ0) is 12.8. The van der Waals surface area contributed by atoms with Crippen LogP contribution in [0.25, 0.3) is 0 Å². The minimum atomic E-state index is -0.824. The van der Waals surface area contributed by atoms with Crippen molar-refractivity contribution in [2.45, 2.75) is 25.9 Å². The summed E-state index contributed by atoms with van der Waals surface area (Å²) < 4.78 is 0. The Morgan fingerprint density at radius 2 is 1.88 bits per heavy atom. The molecular formula is C13H20N2O2. The van der Waals surface area contributed by atoms with Crippen molar-refractivity contribution < 1.29 is 9.90 Å². The largest absolute Gasteiger partial charge is 0.394 e. The third-order valence-corrected chi connectivity index (χ3v) is 2.74. The number of aliphatic hydroxyl groups excluding tert-OH is 1. The highest BCUT2D eigenvalue weighted by molar-refractivity contribution is 5.81. The lowest BCUT2D eigenvalue weighted by Gasteiger charge is -2.20. The monoisotopic (exact) mass is 236 g/mol. The van der Waals surface area contributed by atoms with E-state index in [0.717, 1.165) is 12.0 Å². The summed E-state index contributed by atoms with van der Waals surface area (Å²) in [7, 11) is 1.69. The van der Waals surface area contributed by atoms with Gasteiger partial charge < -0.3 is 15.7 Å². The maximum Gasteiger partial charge on any atom is 0.241 e. The van der Waals surface area contributed by atoms with Crippen LogP contribution in [0.3, 0.4) is 0 Å². The van der Waals surface area contributed by atoms with Gasteiger partial charge in [-0.05, 0) is 17.5 Å². The van der Waals surface area contributed by atoms with E-state index in [-0.39, 0.29) is 12.5 Å². The van der Waals surface area contributed by atoms with E-state index in [1.54, 1.807) is 7.05 Å². The fraction of sp³-hybridized carbons (Fsp3) is 0.462. The number of aryl methyl sites for hydroxylation is 1. The number of hydrogen-bond acceptors (Lipinski definition) is 3. The Bertz CT molecular complexity index is 362. The second kappa shape index (κ2) is 6.37. The molecule has 1 atom stereocenters. The molecule has 3 N–H and O–H groups in total. The number of carbonyl (C=O) groups excluding carboxylic acids is 1. The predicted octanol–water partition coefficient (Wildman–Crippen LogP) is 0.527. The summed E-state index contributed by atoms with van der Waals surface area (Å²) in [6.45, 7) is 2.29. The summed E-state index contributed by atoms with van der Waals surface area (Å²) in [4.78, 5) is 13.2. The molecule has 0 aliphatic heterocycles. The Kier molecular flexibility index (Phi) is 5.12. The quantitative estimate of drug-likeness (QED) is 0.783. The van der Waals surface area contributed by atoms with Gasteiger partial charge in [-0.15, -0.1) is 0 Å². The highest BCUT2D eigenvalue weighted by Crippen LogP contribution is 2.07. The van der Waals surface area contributed by atoms with E-state index in [1.807, 2.05) is 12.1 Å².